The Morgan fingerprint density at radius 1 is 1.12 bits per heavy atom. The van der Waals surface area contributed by atoms with Crippen LogP contribution < -0.4 is 0 Å². The van der Waals surface area contributed by atoms with E-state index in [1.165, 1.54) is 0 Å². The number of carboxylic acid groups (broad SMARTS) is 1. The van der Waals surface area contributed by atoms with Gasteiger partial charge in [0.05, 0.1) is 0 Å². The van der Waals surface area contributed by atoms with Gasteiger partial charge in [0.15, 0.2) is 0 Å². The van der Waals surface area contributed by atoms with E-state index in [1.54, 1.807) is 4.90 Å². The molecule has 1 saturated heterocycles. The van der Waals surface area contributed by atoms with E-state index in [0.29, 0.717) is 32.6 Å². The van der Waals surface area contributed by atoms with E-state index in [4.69, 9.17) is 4.74 Å². The number of rotatable bonds is 2. The topological polar surface area (TPSA) is 70.1 Å². The number of piperazine rings is 1. The van der Waals surface area contributed by atoms with E-state index in [9.17, 15) is 14.7 Å². The lowest BCUT2D eigenvalue weighted by Crippen LogP contribution is -2.59. The fourth-order valence-electron chi connectivity index (χ4n) is 3.88. The van der Waals surface area contributed by atoms with Gasteiger partial charge in [0.1, 0.15) is 11.1 Å². The molecular weight excluding hydrogens is 320 g/mol. The van der Waals surface area contributed by atoms with Gasteiger partial charge >= 0.3 is 12.1 Å². The first-order valence-electron chi connectivity index (χ1n) is 8.79. The van der Waals surface area contributed by atoms with Gasteiger partial charge in [0.2, 0.25) is 0 Å². The fraction of sp³-hybridized carbons (Fsp3) is 0.579. The van der Waals surface area contributed by atoms with Crippen LogP contribution in [0.3, 0.4) is 0 Å². The Kier molecular flexibility index (Phi) is 4.49. The van der Waals surface area contributed by atoms with Crippen LogP contribution >= 0.6 is 0 Å². The van der Waals surface area contributed by atoms with E-state index in [1.807, 2.05) is 49.9 Å². The summed E-state index contributed by atoms with van der Waals surface area (Å²) in [4.78, 5) is 28.1. The van der Waals surface area contributed by atoms with Gasteiger partial charge in [0, 0.05) is 26.2 Å². The molecule has 0 saturated carbocycles. The third kappa shape index (κ3) is 3.23. The number of ether oxygens (including phenoxy) is 1. The van der Waals surface area contributed by atoms with Crippen LogP contribution in [0.15, 0.2) is 24.3 Å². The molecule has 6 nitrogen and oxygen atoms in total. The number of hydrogen-bond acceptors (Lipinski definition) is 4. The molecule has 0 unspecified atom stereocenters. The van der Waals surface area contributed by atoms with Crippen LogP contribution in [0.25, 0.3) is 0 Å². The average Bonchev–Trinajstić information content (AvgIpc) is 2.94. The largest absolute Gasteiger partial charge is 0.480 e. The van der Waals surface area contributed by atoms with Crippen LogP contribution in [0.4, 0.5) is 4.79 Å². The molecule has 1 heterocycles. The van der Waals surface area contributed by atoms with Crippen molar-refractivity contribution in [2.24, 2.45) is 0 Å². The van der Waals surface area contributed by atoms with E-state index in [2.05, 4.69) is 0 Å². The molecule has 1 aliphatic carbocycles. The average molecular weight is 346 g/mol. The number of carbonyl (C=O) groups is 2. The minimum Gasteiger partial charge on any atom is -0.480 e. The molecule has 0 bridgehead atoms. The maximum absolute atomic E-state index is 12.2. The maximum Gasteiger partial charge on any atom is 0.410 e. The van der Waals surface area contributed by atoms with Crippen molar-refractivity contribution in [3.63, 3.8) is 0 Å². The molecule has 2 aliphatic rings. The molecule has 1 aromatic rings. The van der Waals surface area contributed by atoms with Crippen molar-refractivity contribution in [1.29, 1.82) is 0 Å². The van der Waals surface area contributed by atoms with Crippen molar-refractivity contribution in [3.05, 3.63) is 35.4 Å². The summed E-state index contributed by atoms with van der Waals surface area (Å²) in [6, 6.07) is 7.80. The summed E-state index contributed by atoms with van der Waals surface area (Å²) < 4.78 is 5.42. The van der Waals surface area contributed by atoms with E-state index < -0.39 is 17.1 Å². The summed E-state index contributed by atoms with van der Waals surface area (Å²) in [5.74, 6) is -0.803. The van der Waals surface area contributed by atoms with Gasteiger partial charge in [-0.2, -0.15) is 0 Å². The second-order valence-electron chi connectivity index (χ2n) is 7.78. The molecule has 1 N–H and O–H groups in total. The van der Waals surface area contributed by atoms with Crippen LogP contribution in [0.5, 0.6) is 0 Å². The second-order valence-corrected chi connectivity index (χ2v) is 7.78. The molecule has 0 spiro atoms. The van der Waals surface area contributed by atoms with Crippen molar-refractivity contribution in [1.82, 2.24) is 9.80 Å². The van der Waals surface area contributed by atoms with Crippen molar-refractivity contribution < 1.29 is 19.4 Å². The summed E-state index contributed by atoms with van der Waals surface area (Å²) in [5, 5.41) is 10.0. The highest BCUT2D eigenvalue weighted by molar-refractivity contribution is 5.82. The minimum atomic E-state index is -0.976. The van der Waals surface area contributed by atoms with Gasteiger partial charge in [-0.15, -0.1) is 0 Å². The number of amides is 1. The second kappa shape index (κ2) is 6.33. The van der Waals surface area contributed by atoms with Crippen molar-refractivity contribution in [3.8, 4) is 0 Å². The smallest absolute Gasteiger partial charge is 0.410 e. The Hall–Kier alpha value is -2.08. The lowest BCUT2D eigenvalue weighted by molar-refractivity contribution is -0.154. The van der Waals surface area contributed by atoms with E-state index in [-0.39, 0.29) is 6.09 Å². The molecular formula is C19H26N2O4. The van der Waals surface area contributed by atoms with E-state index >= 15 is 0 Å². The van der Waals surface area contributed by atoms with Crippen LogP contribution in [-0.2, 0) is 21.5 Å². The van der Waals surface area contributed by atoms with Crippen LogP contribution in [-0.4, -0.2) is 58.7 Å². The molecule has 6 heteroatoms. The van der Waals surface area contributed by atoms with Crippen molar-refractivity contribution in [2.75, 3.05) is 26.2 Å². The third-order valence-electron chi connectivity index (χ3n) is 5.04. The molecule has 0 aromatic heterocycles. The first-order valence-corrected chi connectivity index (χ1v) is 8.79. The van der Waals surface area contributed by atoms with Crippen LogP contribution in [0.2, 0.25) is 0 Å². The van der Waals surface area contributed by atoms with Crippen LogP contribution in [0.1, 0.15) is 38.3 Å². The Bertz CT molecular complexity index is 674. The molecule has 3 rings (SSSR count). The maximum atomic E-state index is 12.2. The number of aliphatic carboxylic acids is 1. The van der Waals surface area contributed by atoms with Gasteiger partial charge in [-0.25, -0.2) is 9.59 Å². The quantitative estimate of drug-likeness (QED) is 0.891. The molecule has 25 heavy (non-hydrogen) atoms. The molecule has 1 aliphatic heterocycles. The fourth-order valence-corrected chi connectivity index (χ4v) is 3.88. The zero-order valence-corrected chi connectivity index (χ0v) is 15.1. The van der Waals surface area contributed by atoms with Gasteiger partial charge in [-0.05, 0) is 44.7 Å². The predicted octanol–water partition coefficient (Wildman–Crippen LogP) is 2.47. The highest BCUT2D eigenvalue weighted by Gasteiger charge is 2.50. The summed E-state index contributed by atoms with van der Waals surface area (Å²) in [7, 11) is 0. The minimum absolute atomic E-state index is 0.330. The van der Waals surface area contributed by atoms with Gasteiger partial charge < -0.3 is 14.7 Å². The van der Waals surface area contributed by atoms with Gasteiger partial charge in [-0.1, -0.05) is 24.3 Å². The summed E-state index contributed by atoms with van der Waals surface area (Å²) in [5.41, 5.74) is 0.505. The Morgan fingerprint density at radius 3 is 2.36 bits per heavy atom. The first-order chi connectivity index (χ1) is 11.7. The molecule has 1 aromatic carbocycles. The normalized spacial score (nSPS) is 24.0. The monoisotopic (exact) mass is 346 g/mol. The summed E-state index contributed by atoms with van der Waals surface area (Å²) in [6.45, 7) is 7.54. The first kappa shape index (κ1) is 17.7. The van der Waals surface area contributed by atoms with E-state index in [0.717, 1.165) is 17.5 Å². The number of aryl methyl sites for hydroxylation is 1. The Balaban J connectivity index is 1.75. The zero-order chi connectivity index (χ0) is 18.2. The number of fused-ring (bicyclic) bond motifs is 1. The van der Waals surface area contributed by atoms with Crippen LogP contribution in [0, 0.1) is 0 Å². The third-order valence-corrected chi connectivity index (χ3v) is 5.04. The number of nitrogens with zero attached hydrogens (tertiary/aromatic N) is 2. The predicted molar refractivity (Wildman–Crippen MR) is 93.5 cm³/mol. The number of carboxylic acids is 1. The number of benzene rings is 1. The molecule has 0 radical (unpaired) electrons. The molecule has 1 fully saturated rings. The standard InChI is InChI=1S/C19H26N2O4/c1-18(2,3)25-17(24)20-10-12-21(13-11-20)19(16(22)23)9-8-14-6-4-5-7-15(14)19/h4-7H,8-13H2,1-3H3,(H,22,23)/t19-/m1/s1. The number of hydrogen-bond donors (Lipinski definition) is 1. The van der Waals surface area contributed by atoms with Gasteiger partial charge in [0.25, 0.3) is 0 Å². The lowest BCUT2D eigenvalue weighted by Gasteiger charge is -2.43. The Labute approximate surface area is 148 Å². The highest BCUT2D eigenvalue weighted by atomic mass is 16.6. The van der Waals surface area contributed by atoms with Crippen molar-refractivity contribution >= 4 is 12.1 Å². The highest BCUT2D eigenvalue weighted by Crippen LogP contribution is 2.42. The number of carbonyl (C=O) groups excluding carboxylic acids is 1. The molecule has 1 atom stereocenters. The Morgan fingerprint density at radius 2 is 1.76 bits per heavy atom. The zero-order valence-electron chi connectivity index (χ0n) is 15.1. The van der Waals surface area contributed by atoms with Gasteiger partial charge in [-0.3, -0.25) is 4.90 Å². The lowest BCUT2D eigenvalue weighted by atomic mass is 9.89. The molecule has 1 amide bonds. The van der Waals surface area contributed by atoms with Crippen molar-refractivity contribution in [2.45, 2.75) is 44.8 Å². The summed E-state index contributed by atoms with van der Waals surface area (Å²) in [6.07, 6.45) is 1.02. The summed E-state index contributed by atoms with van der Waals surface area (Å²) >= 11 is 0. The molecule has 136 valence electrons. The SMILES string of the molecule is CC(C)(C)OC(=O)N1CCN([C@]2(C(=O)O)CCc3ccccc32)CC1.